The van der Waals surface area contributed by atoms with Gasteiger partial charge in [0.2, 0.25) is 0 Å². The lowest BCUT2D eigenvalue weighted by Crippen LogP contribution is -2.17. The summed E-state index contributed by atoms with van der Waals surface area (Å²) in [6.45, 7) is 1.65. The first-order chi connectivity index (χ1) is 17.6. The number of aromatic amines is 2. The summed E-state index contributed by atoms with van der Waals surface area (Å²) in [5, 5.41) is 6.76. The molecule has 0 saturated heterocycles. The van der Waals surface area contributed by atoms with Gasteiger partial charge in [0.05, 0.1) is 17.0 Å². The highest BCUT2D eigenvalue weighted by Gasteiger charge is 2.17. The van der Waals surface area contributed by atoms with Crippen LogP contribution in [0.3, 0.4) is 0 Å². The van der Waals surface area contributed by atoms with Crippen molar-refractivity contribution in [2.24, 2.45) is 5.92 Å². The van der Waals surface area contributed by atoms with Gasteiger partial charge in [-0.25, -0.2) is 0 Å². The van der Waals surface area contributed by atoms with Crippen LogP contribution in [0.5, 0.6) is 0 Å². The summed E-state index contributed by atoms with van der Waals surface area (Å²) in [5.41, 5.74) is 3.74. The molecule has 0 saturated carbocycles. The van der Waals surface area contributed by atoms with E-state index in [0.29, 0.717) is 0 Å². The van der Waals surface area contributed by atoms with Crippen LogP contribution in [0.1, 0.15) is 18.3 Å². The predicted octanol–water partition coefficient (Wildman–Crippen LogP) is 7.46. The molecule has 2 heterocycles. The van der Waals surface area contributed by atoms with Crippen molar-refractivity contribution in [3.05, 3.63) is 108 Å². The predicted molar refractivity (Wildman–Crippen MR) is 149 cm³/mol. The van der Waals surface area contributed by atoms with Gasteiger partial charge in [-0.15, -0.1) is 0 Å². The number of aromatic nitrogens is 2. The summed E-state index contributed by atoms with van der Waals surface area (Å²) in [5.74, 6) is -1.21. The Balaban J connectivity index is 1.18. The smallest absolute Gasteiger partial charge is 0.166 e. The van der Waals surface area contributed by atoms with E-state index in [1.54, 1.807) is 19.1 Å². The van der Waals surface area contributed by atoms with E-state index in [4.69, 9.17) is 0 Å². The number of hydrogen-bond acceptors (Lipinski definition) is 2. The first kappa shape index (κ1) is 21.8. The summed E-state index contributed by atoms with van der Waals surface area (Å²) < 4.78 is 0. The van der Waals surface area contributed by atoms with Crippen LogP contribution in [-0.4, -0.2) is 21.5 Å². The van der Waals surface area contributed by atoms with Crippen LogP contribution in [0, 0.1) is 5.92 Å². The number of hydrogen-bond donors (Lipinski definition) is 2. The third-order valence-corrected chi connectivity index (χ3v) is 6.79. The van der Waals surface area contributed by atoms with E-state index in [9.17, 15) is 9.59 Å². The highest BCUT2D eigenvalue weighted by Crippen LogP contribution is 2.27. The molecule has 174 valence electrons. The van der Waals surface area contributed by atoms with Crippen molar-refractivity contribution in [3.63, 3.8) is 0 Å². The molecule has 4 aromatic carbocycles. The Hall–Kier alpha value is -4.70. The van der Waals surface area contributed by atoms with E-state index in [1.165, 1.54) is 12.2 Å². The molecule has 0 unspecified atom stereocenters. The Labute approximate surface area is 207 Å². The Bertz CT molecular complexity index is 1710. The van der Waals surface area contributed by atoms with Crippen LogP contribution in [0.4, 0.5) is 0 Å². The van der Waals surface area contributed by atoms with E-state index in [-0.39, 0.29) is 11.6 Å². The lowest BCUT2D eigenvalue weighted by Gasteiger charge is -2.02. The Morgan fingerprint density at radius 2 is 1.03 bits per heavy atom. The molecule has 0 bridgehead atoms. The molecule has 0 aliphatic carbocycles. The molecular weight excluding hydrogens is 444 g/mol. The normalized spacial score (nSPS) is 12.3. The van der Waals surface area contributed by atoms with Crippen LogP contribution in [0.25, 0.3) is 55.5 Å². The van der Waals surface area contributed by atoms with Crippen molar-refractivity contribution in [2.75, 3.05) is 0 Å². The van der Waals surface area contributed by atoms with Gasteiger partial charge in [-0.2, -0.15) is 0 Å². The van der Waals surface area contributed by atoms with E-state index in [2.05, 4.69) is 58.5 Å². The first-order valence-corrected chi connectivity index (χ1v) is 12.0. The number of ketones is 2. The topological polar surface area (TPSA) is 65.7 Å². The van der Waals surface area contributed by atoms with Crippen molar-refractivity contribution >= 4 is 67.1 Å². The summed E-state index contributed by atoms with van der Waals surface area (Å²) >= 11 is 0. The molecule has 0 aliphatic heterocycles. The lowest BCUT2D eigenvalue weighted by molar-refractivity contribution is -0.126. The first-order valence-electron chi connectivity index (χ1n) is 12.0. The van der Waals surface area contributed by atoms with Crippen molar-refractivity contribution in [1.82, 2.24) is 9.97 Å². The molecule has 0 spiro atoms. The average Bonchev–Trinajstić information content (AvgIpc) is 3.54. The van der Waals surface area contributed by atoms with Gasteiger partial charge in [0.1, 0.15) is 0 Å². The monoisotopic (exact) mass is 468 g/mol. The second-order valence-corrected chi connectivity index (χ2v) is 9.14. The molecule has 6 aromatic rings. The zero-order valence-electron chi connectivity index (χ0n) is 19.8. The minimum Gasteiger partial charge on any atom is -0.355 e. The minimum atomic E-state index is -0.757. The largest absolute Gasteiger partial charge is 0.355 e. The van der Waals surface area contributed by atoms with E-state index >= 15 is 0 Å². The fourth-order valence-electron chi connectivity index (χ4n) is 4.74. The number of carbonyl (C=O) groups excluding carboxylic acids is 2. The van der Waals surface area contributed by atoms with E-state index in [1.807, 2.05) is 36.4 Å². The van der Waals surface area contributed by atoms with Gasteiger partial charge in [-0.05, 0) is 54.1 Å². The van der Waals surface area contributed by atoms with Crippen molar-refractivity contribution in [1.29, 1.82) is 0 Å². The summed E-state index contributed by atoms with van der Waals surface area (Å²) in [7, 11) is 0. The molecule has 0 radical (unpaired) electrons. The molecular formula is C32H24N2O2. The number of carbonyl (C=O) groups is 2. The Morgan fingerprint density at radius 1 is 0.611 bits per heavy atom. The van der Waals surface area contributed by atoms with E-state index in [0.717, 1.165) is 54.7 Å². The molecule has 0 fully saturated rings. The van der Waals surface area contributed by atoms with Crippen molar-refractivity contribution < 1.29 is 9.59 Å². The lowest BCUT2D eigenvalue weighted by atomic mass is 10.00. The highest BCUT2D eigenvalue weighted by atomic mass is 16.1. The number of rotatable bonds is 6. The summed E-state index contributed by atoms with van der Waals surface area (Å²) in [6.07, 6.45) is 6.46. The van der Waals surface area contributed by atoms with Crippen LogP contribution < -0.4 is 0 Å². The third-order valence-electron chi connectivity index (χ3n) is 6.79. The SMILES string of the molecule is CC(C(=O)/C=C/c1cc2ccc3ccccc3c2[nH]1)C(=O)/C=C/c1cc2ccc3ccccc3c2[nH]1. The molecule has 6 rings (SSSR count). The number of allylic oxidation sites excluding steroid dienone is 2. The Kier molecular flexibility index (Phi) is 5.34. The molecule has 2 aromatic heterocycles. The summed E-state index contributed by atoms with van der Waals surface area (Å²) in [6, 6.07) is 28.7. The molecule has 0 atom stereocenters. The average molecular weight is 469 g/mol. The number of benzene rings is 4. The fourth-order valence-corrected chi connectivity index (χ4v) is 4.74. The number of H-pyrrole nitrogens is 2. The minimum absolute atomic E-state index is 0.226. The van der Waals surface area contributed by atoms with Gasteiger partial charge in [-0.3, -0.25) is 9.59 Å². The number of nitrogens with one attached hydrogen (secondary N) is 2. The van der Waals surface area contributed by atoms with Crippen LogP contribution in [-0.2, 0) is 9.59 Å². The number of fused-ring (bicyclic) bond motifs is 6. The molecule has 36 heavy (non-hydrogen) atoms. The summed E-state index contributed by atoms with van der Waals surface area (Å²) in [4.78, 5) is 32.2. The van der Waals surface area contributed by atoms with Gasteiger partial charge in [0.25, 0.3) is 0 Å². The maximum absolute atomic E-state index is 12.7. The zero-order valence-corrected chi connectivity index (χ0v) is 19.8. The second kappa shape index (κ2) is 8.82. The fraction of sp³-hybridized carbons (Fsp3) is 0.0625. The van der Waals surface area contributed by atoms with Gasteiger partial charge in [-0.1, -0.05) is 72.8 Å². The maximum atomic E-state index is 12.7. The molecule has 0 amide bonds. The van der Waals surface area contributed by atoms with Crippen LogP contribution in [0.15, 0.2) is 97.1 Å². The molecule has 4 heteroatoms. The quantitative estimate of drug-likeness (QED) is 0.197. The van der Waals surface area contributed by atoms with Crippen molar-refractivity contribution in [2.45, 2.75) is 6.92 Å². The standard InChI is InChI=1S/C32H24N2O2/c1-20(29(35)16-14-25-18-23-12-10-21-6-2-4-8-27(21)31(23)33-25)30(36)17-15-26-19-24-13-11-22-7-3-5-9-28(22)32(24)34-26/h2-20,33-34H,1H3/b16-14+,17-15+. The molecule has 0 aliphatic rings. The zero-order chi connectivity index (χ0) is 24.6. The van der Waals surface area contributed by atoms with Gasteiger partial charge >= 0.3 is 0 Å². The Morgan fingerprint density at radius 3 is 1.50 bits per heavy atom. The molecule has 2 N–H and O–H groups in total. The molecule has 4 nitrogen and oxygen atoms in total. The third kappa shape index (κ3) is 3.93. The van der Waals surface area contributed by atoms with Crippen LogP contribution >= 0.6 is 0 Å². The van der Waals surface area contributed by atoms with Gasteiger partial charge in [0, 0.05) is 32.9 Å². The van der Waals surface area contributed by atoms with E-state index < -0.39 is 5.92 Å². The second-order valence-electron chi connectivity index (χ2n) is 9.14. The van der Waals surface area contributed by atoms with Crippen LogP contribution in [0.2, 0.25) is 0 Å². The maximum Gasteiger partial charge on any atom is 0.166 e. The highest BCUT2D eigenvalue weighted by molar-refractivity contribution is 6.14. The van der Waals surface area contributed by atoms with Crippen molar-refractivity contribution in [3.8, 4) is 0 Å². The van der Waals surface area contributed by atoms with Gasteiger partial charge < -0.3 is 9.97 Å². The van der Waals surface area contributed by atoms with Gasteiger partial charge in [0.15, 0.2) is 11.6 Å².